The number of hydrogen-bond acceptors (Lipinski definition) is 4. The zero-order valence-corrected chi connectivity index (χ0v) is 22.0. The Morgan fingerprint density at radius 1 is 0.868 bits per heavy atom. The number of nitrogens with one attached hydrogen (secondary N) is 1. The third-order valence-electron chi connectivity index (χ3n) is 6.88. The van der Waals surface area contributed by atoms with Gasteiger partial charge in [-0.1, -0.05) is 59.6 Å². The number of nitrogens with zero attached hydrogens (tertiary/aromatic N) is 2. The van der Waals surface area contributed by atoms with Crippen molar-refractivity contribution < 1.29 is 34.8 Å². The monoisotopic (exact) mass is 601 g/mol. The van der Waals surface area contributed by atoms with Gasteiger partial charge in [0.05, 0.1) is 16.4 Å². The number of rotatable bonds is 12. The lowest BCUT2D eigenvalue weighted by Gasteiger charge is -2.52. The molecule has 0 saturated carbocycles. The van der Waals surface area contributed by atoms with Gasteiger partial charge in [0.2, 0.25) is 10.0 Å². The molecule has 1 aliphatic carbocycles. The van der Waals surface area contributed by atoms with Crippen molar-refractivity contribution >= 4 is 39.0 Å². The normalized spacial score (nSPS) is 20.1. The summed E-state index contributed by atoms with van der Waals surface area (Å²) in [5.41, 5.74) is -5.49. The Morgan fingerprint density at radius 3 is 1.97 bits per heavy atom. The van der Waals surface area contributed by atoms with Crippen LogP contribution >= 0.6 is 23.2 Å². The molecule has 1 N–H and O–H groups in total. The molecule has 1 aromatic heterocycles. The van der Waals surface area contributed by atoms with Gasteiger partial charge in [0.1, 0.15) is 56.3 Å². The predicted molar refractivity (Wildman–Crippen MR) is 135 cm³/mol. The van der Waals surface area contributed by atoms with Crippen molar-refractivity contribution in [3.05, 3.63) is 65.1 Å². The highest BCUT2D eigenvalue weighted by atomic mass is 35.5. The Labute approximate surface area is 226 Å². The first-order valence-electron chi connectivity index (χ1n) is 11.1. The first-order chi connectivity index (χ1) is 18.1. The summed E-state index contributed by atoms with van der Waals surface area (Å²) in [6.45, 7) is -10.9. The molecule has 0 aliphatic heterocycles. The van der Waals surface area contributed by atoms with Crippen LogP contribution in [-0.4, -0.2) is 63.2 Å². The van der Waals surface area contributed by atoms with Gasteiger partial charge in [0.25, 0.3) is 0 Å². The van der Waals surface area contributed by atoms with E-state index in [9.17, 15) is 34.8 Å². The van der Waals surface area contributed by atoms with Crippen LogP contribution in [0.3, 0.4) is 0 Å². The molecule has 2 atom stereocenters. The van der Waals surface area contributed by atoms with Crippen LogP contribution in [0, 0.1) is 16.7 Å². The van der Waals surface area contributed by atoms with E-state index in [1.165, 1.54) is 24.3 Å². The fourth-order valence-corrected chi connectivity index (χ4v) is 7.23. The molecule has 38 heavy (non-hydrogen) atoms. The maximum absolute atomic E-state index is 14.6. The van der Waals surface area contributed by atoms with E-state index in [-0.39, 0.29) is 16.3 Å². The average Bonchev–Trinajstić information content (AvgIpc) is 2.92. The van der Waals surface area contributed by atoms with Crippen LogP contribution in [0.2, 0.25) is 10.2 Å². The van der Waals surface area contributed by atoms with E-state index in [4.69, 9.17) is 23.2 Å². The molecule has 0 amide bonds. The molecule has 14 heteroatoms. The summed E-state index contributed by atoms with van der Waals surface area (Å²) in [6.07, 6.45) is 4.73. The van der Waals surface area contributed by atoms with E-state index in [2.05, 4.69) is 14.7 Å². The third-order valence-corrected chi connectivity index (χ3v) is 9.60. The largest absolute Gasteiger partial charge is 0.266 e. The van der Waals surface area contributed by atoms with Gasteiger partial charge in [-0.25, -0.2) is 18.4 Å². The Hall–Kier alpha value is -2.31. The maximum atomic E-state index is 14.6. The Balaban J connectivity index is 2.33. The predicted octanol–water partition coefficient (Wildman–Crippen LogP) is 6.46. The highest BCUT2D eigenvalue weighted by Gasteiger charge is 2.67. The lowest BCUT2D eigenvalue weighted by Crippen LogP contribution is -2.66. The molecule has 2 unspecified atom stereocenters. The molecule has 5 nitrogen and oxygen atoms in total. The number of anilines is 1. The number of allylic oxidation sites excluding steroid dienone is 3. The minimum Gasteiger partial charge on any atom is -0.266 e. The van der Waals surface area contributed by atoms with Crippen molar-refractivity contribution in [1.82, 2.24) is 9.97 Å². The minimum absolute atomic E-state index is 0.0736. The summed E-state index contributed by atoms with van der Waals surface area (Å²) >= 11 is 12.1. The van der Waals surface area contributed by atoms with Crippen LogP contribution in [0.1, 0.15) is 0 Å². The Bertz CT molecular complexity index is 1270. The molecule has 0 radical (unpaired) electrons. The highest BCUT2D eigenvalue weighted by molar-refractivity contribution is 7.94. The molecule has 1 heterocycles. The van der Waals surface area contributed by atoms with E-state index >= 15 is 0 Å². The summed E-state index contributed by atoms with van der Waals surface area (Å²) in [7, 11) is -5.29. The van der Waals surface area contributed by atoms with E-state index in [1.807, 2.05) is 0 Å². The van der Waals surface area contributed by atoms with Crippen molar-refractivity contribution in [2.75, 3.05) is 44.8 Å². The fraction of sp³-hybridized carbons (Fsp3) is 0.417. The zero-order chi connectivity index (χ0) is 28.2. The fourth-order valence-electron chi connectivity index (χ4n) is 4.63. The molecule has 0 fully saturated rings. The van der Waals surface area contributed by atoms with Crippen LogP contribution in [0.4, 0.5) is 32.2 Å². The SMILES string of the molecule is O=S(=O)(Nc1ncnc(Cl)c1-c1ccc(Cl)cc1)C1(C(CF)(CF)CF)C=CC=CC1C(CF)(CF)CF. The van der Waals surface area contributed by atoms with Gasteiger partial charge in [-0.15, -0.1) is 0 Å². The van der Waals surface area contributed by atoms with Gasteiger partial charge in [-0.05, 0) is 17.7 Å². The molecular formula is C24H23Cl2F6N3O2S. The van der Waals surface area contributed by atoms with Crippen molar-refractivity contribution in [2.24, 2.45) is 16.7 Å². The second kappa shape index (κ2) is 11.8. The standard InChI is InChI=1S/C24H23Cl2F6N3O2S/c25-17-6-4-16(5-7-17)19-20(26)33-15-34-21(19)35-38(36,37)24(23(12-30,13-31)14-32)8-2-1-3-18(24)22(9-27,10-28)11-29/h1-8,15,18H,9-14H2,(H,33,34,35). The zero-order valence-electron chi connectivity index (χ0n) is 19.7. The van der Waals surface area contributed by atoms with Gasteiger partial charge in [-0.2, -0.15) is 0 Å². The number of aromatic nitrogens is 2. The summed E-state index contributed by atoms with van der Waals surface area (Å²) in [5.74, 6) is -2.55. The van der Waals surface area contributed by atoms with Crippen LogP contribution < -0.4 is 4.72 Å². The number of alkyl halides is 6. The Morgan fingerprint density at radius 2 is 1.45 bits per heavy atom. The summed E-state index contributed by atoms with van der Waals surface area (Å²) in [6, 6.07) is 5.84. The van der Waals surface area contributed by atoms with Crippen LogP contribution in [0.15, 0.2) is 54.9 Å². The molecular weight excluding hydrogens is 579 g/mol. The molecule has 208 valence electrons. The smallest absolute Gasteiger partial charge is 0.244 e. The summed E-state index contributed by atoms with van der Waals surface area (Å²) in [5, 5.41) is 0.103. The number of benzene rings is 1. The molecule has 2 aromatic rings. The topological polar surface area (TPSA) is 72.0 Å². The second-order valence-electron chi connectivity index (χ2n) is 8.96. The van der Waals surface area contributed by atoms with Crippen molar-refractivity contribution in [3.63, 3.8) is 0 Å². The molecule has 1 aliphatic rings. The van der Waals surface area contributed by atoms with Crippen molar-refractivity contribution in [1.29, 1.82) is 0 Å². The third kappa shape index (κ3) is 4.79. The van der Waals surface area contributed by atoms with Gasteiger partial charge >= 0.3 is 0 Å². The van der Waals surface area contributed by atoms with Gasteiger partial charge in [-0.3, -0.25) is 31.1 Å². The first-order valence-corrected chi connectivity index (χ1v) is 13.3. The van der Waals surface area contributed by atoms with E-state index in [0.29, 0.717) is 5.02 Å². The average molecular weight is 602 g/mol. The van der Waals surface area contributed by atoms with Crippen LogP contribution in [0.5, 0.6) is 0 Å². The van der Waals surface area contributed by atoms with Gasteiger partial charge in [0, 0.05) is 10.9 Å². The number of halogens is 8. The van der Waals surface area contributed by atoms with Crippen LogP contribution in [0.25, 0.3) is 11.1 Å². The van der Waals surface area contributed by atoms with E-state index < -0.39 is 77.4 Å². The van der Waals surface area contributed by atoms with Crippen molar-refractivity contribution in [2.45, 2.75) is 4.75 Å². The first kappa shape index (κ1) is 30.2. The van der Waals surface area contributed by atoms with Crippen LogP contribution in [-0.2, 0) is 10.0 Å². The molecule has 3 rings (SSSR count). The summed E-state index contributed by atoms with van der Waals surface area (Å²) in [4.78, 5) is 7.71. The molecule has 0 saturated heterocycles. The quantitative estimate of drug-likeness (QED) is 0.224. The van der Waals surface area contributed by atoms with Gasteiger partial charge < -0.3 is 0 Å². The number of hydrogen-bond donors (Lipinski definition) is 1. The van der Waals surface area contributed by atoms with Gasteiger partial charge in [0.15, 0.2) is 5.82 Å². The second-order valence-corrected chi connectivity index (χ2v) is 11.6. The maximum Gasteiger partial charge on any atom is 0.244 e. The lowest BCUT2D eigenvalue weighted by atomic mass is 9.60. The summed E-state index contributed by atoms with van der Waals surface area (Å²) < 4.78 is 114. The molecule has 0 bridgehead atoms. The van der Waals surface area contributed by atoms with Crippen molar-refractivity contribution in [3.8, 4) is 11.1 Å². The lowest BCUT2D eigenvalue weighted by molar-refractivity contribution is -0.00699. The minimum atomic E-state index is -5.29. The van der Waals surface area contributed by atoms with E-state index in [1.54, 1.807) is 0 Å². The highest BCUT2D eigenvalue weighted by Crippen LogP contribution is 2.55. The molecule has 0 spiro atoms. The number of sulfonamides is 1. The Kier molecular flexibility index (Phi) is 9.41. The van der Waals surface area contributed by atoms with E-state index in [0.717, 1.165) is 30.6 Å². The molecule has 1 aromatic carbocycles.